The third-order valence-electron chi connectivity index (χ3n) is 5.94. The third kappa shape index (κ3) is 5.96. The van der Waals surface area contributed by atoms with Crippen molar-refractivity contribution in [3.05, 3.63) is 33.8 Å². The van der Waals surface area contributed by atoms with Gasteiger partial charge in [0.1, 0.15) is 11.4 Å². The summed E-state index contributed by atoms with van der Waals surface area (Å²) < 4.78 is 16.8. The Morgan fingerprint density at radius 1 is 1.11 bits per heavy atom. The quantitative estimate of drug-likeness (QED) is 0.467. The molecule has 2 aliphatic heterocycles. The SMILES string of the molecule is CNC(=O)C12CC(=O)O[B-](C(CC(=O)CNC(=O)c3cc(Cl)ccc3Cl)CC(C)C)(OC(=O)C1)O2. The maximum absolute atomic E-state index is 12.9. The molecule has 35 heavy (non-hydrogen) atoms. The van der Waals surface area contributed by atoms with E-state index < -0.39 is 60.6 Å². The van der Waals surface area contributed by atoms with E-state index in [4.69, 9.17) is 37.2 Å². The van der Waals surface area contributed by atoms with Gasteiger partial charge in [-0.3, -0.25) is 24.0 Å². The van der Waals surface area contributed by atoms with Gasteiger partial charge in [-0.05, 0) is 30.5 Å². The highest BCUT2D eigenvalue weighted by atomic mass is 35.5. The van der Waals surface area contributed by atoms with Crippen molar-refractivity contribution >= 4 is 59.5 Å². The summed E-state index contributed by atoms with van der Waals surface area (Å²) in [5.41, 5.74) is -1.66. The van der Waals surface area contributed by atoms with E-state index in [9.17, 15) is 24.0 Å². The number of nitrogens with one attached hydrogen (secondary N) is 2. The van der Waals surface area contributed by atoms with Crippen LogP contribution in [0.25, 0.3) is 0 Å². The molecule has 0 aliphatic carbocycles. The number of amides is 2. The highest BCUT2D eigenvalue weighted by Gasteiger charge is 2.61. The molecule has 2 N–H and O–H groups in total. The molecule has 2 amide bonds. The van der Waals surface area contributed by atoms with Crippen molar-refractivity contribution < 1.29 is 37.9 Å². The van der Waals surface area contributed by atoms with Crippen LogP contribution in [0.2, 0.25) is 15.9 Å². The Kier molecular flexibility index (Phi) is 8.13. The van der Waals surface area contributed by atoms with Gasteiger partial charge >= 0.3 is 6.75 Å². The standard InChI is InChI=1S/C22H26BCl2N2O8/c1-12(2)6-13(7-15(28)11-27-20(31)16-8-14(24)4-5-17(16)25)23-33-18(29)9-22(35-23,21(32)26-3)10-19(30)34-23/h4-5,8,12-13H,6-7,9-11H2,1-3H3,(H,26,32)(H,27,31)/q-1. The molecule has 1 aromatic carbocycles. The van der Waals surface area contributed by atoms with Gasteiger partial charge in [-0.25, -0.2) is 0 Å². The Bertz CT molecular complexity index is 1040. The van der Waals surface area contributed by atoms with Crippen molar-refractivity contribution in [1.82, 2.24) is 10.6 Å². The van der Waals surface area contributed by atoms with Crippen LogP contribution in [-0.4, -0.2) is 55.5 Å². The first-order valence-electron chi connectivity index (χ1n) is 11.1. The lowest BCUT2D eigenvalue weighted by Crippen LogP contribution is -2.70. The largest absolute Gasteiger partial charge is 0.633 e. The predicted octanol–water partition coefficient (Wildman–Crippen LogP) is 2.43. The van der Waals surface area contributed by atoms with E-state index in [1.165, 1.54) is 25.2 Å². The average molecular weight is 528 g/mol. The lowest BCUT2D eigenvalue weighted by Gasteiger charge is -2.58. The van der Waals surface area contributed by atoms with Crippen LogP contribution in [-0.2, 0) is 33.1 Å². The first-order chi connectivity index (χ1) is 16.4. The second-order valence-corrected chi connectivity index (χ2v) is 10.0. The molecule has 190 valence electrons. The van der Waals surface area contributed by atoms with Crippen LogP contribution in [0.1, 0.15) is 49.9 Å². The summed E-state index contributed by atoms with van der Waals surface area (Å²) in [6.45, 7) is 0.277. The molecule has 2 saturated heterocycles. The second-order valence-electron chi connectivity index (χ2n) is 9.16. The van der Waals surface area contributed by atoms with Crippen molar-refractivity contribution in [2.24, 2.45) is 5.92 Å². The van der Waals surface area contributed by atoms with Crippen molar-refractivity contribution in [2.45, 2.75) is 50.9 Å². The topological polar surface area (TPSA) is 137 Å². The molecule has 2 bridgehead atoms. The van der Waals surface area contributed by atoms with E-state index in [2.05, 4.69) is 10.6 Å². The van der Waals surface area contributed by atoms with Crippen LogP contribution >= 0.6 is 23.2 Å². The van der Waals surface area contributed by atoms with Gasteiger partial charge in [0.05, 0.1) is 30.0 Å². The summed E-state index contributed by atoms with van der Waals surface area (Å²) in [7, 11) is 1.36. The van der Waals surface area contributed by atoms with Crippen molar-refractivity contribution in [1.29, 1.82) is 0 Å². The first kappa shape index (κ1) is 27.0. The molecule has 1 atom stereocenters. The van der Waals surface area contributed by atoms with Crippen molar-refractivity contribution in [3.63, 3.8) is 0 Å². The summed E-state index contributed by atoms with van der Waals surface area (Å²) in [5.74, 6) is -4.10. The molecular weight excluding hydrogens is 502 g/mol. The zero-order valence-corrected chi connectivity index (χ0v) is 21.0. The molecule has 2 heterocycles. The van der Waals surface area contributed by atoms with Gasteiger partial charge in [-0.15, -0.1) is 0 Å². The molecule has 2 fully saturated rings. The number of rotatable bonds is 9. The number of halogens is 2. The summed E-state index contributed by atoms with van der Waals surface area (Å²) in [6, 6.07) is 4.37. The molecule has 0 radical (unpaired) electrons. The molecule has 1 unspecified atom stereocenters. The molecule has 2 aliphatic rings. The molecule has 0 saturated carbocycles. The predicted molar refractivity (Wildman–Crippen MR) is 127 cm³/mol. The molecule has 10 nitrogen and oxygen atoms in total. The zero-order valence-electron chi connectivity index (χ0n) is 19.5. The lowest BCUT2D eigenvalue weighted by molar-refractivity contribution is -0.186. The third-order valence-corrected chi connectivity index (χ3v) is 6.51. The summed E-state index contributed by atoms with van der Waals surface area (Å²) in [4.78, 5) is 62.9. The number of carbonyl (C=O) groups excluding carboxylic acids is 5. The molecule has 0 spiro atoms. The Morgan fingerprint density at radius 3 is 2.31 bits per heavy atom. The monoisotopic (exact) mass is 527 g/mol. The number of ketones is 1. The van der Waals surface area contributed by atoms with Gasteiger partial charge < -0.3 is 24.6 Å². The summed E-state index contributed by atoms with van der Waals surface area (Å²) in [5, 5.41) is 5.37. The van der Waals surface area contributed by atoms with E-state index in [0.29, 0.717) is 5.02 Å². The highest BCUT2D eigenvalue weighted by Crippen LogP contribution is 2.46. The van der Waals surface area contributed by atoms with Crippen LogP contribution in [0, 0.1) is 5.92 Å². The maximum Gasteiger partial charge on any atom is 0.499 e. The fraction of sp³-hybridized carbons (Fsp3) is 0.500. The zero-order chi connectivity index (χ0) is 26.0. The first-order valence-corrected chi connectivity index (χ1v) is 11.9. The average Bonchev–Trinajstić information content (AvgIpc) is 2.76. The Hall–Kier alpha value is -2.63. The molecule has 3 rings (SSSR count). The van der Waals surface area contributed by atoms with Crippen LogP contribution in [0.3, 0.4) is 0 Å². The number of benzene rings is 1. The molecule has 13 heteroatoms. The number of carbonyl (C=O) groups is 5. The number of Topliss-reactive ketones (excluding diaryl/α,β-unsaturated/α-hetero) is 1. The van der Waals surface area contributed by atoms with Crippen molar-refractivity contribution in [3.8, 4) is 0 Å². The Morgan fingerprint density at radius 2 is 1.74 bits per heavy atom. The van der Waals surface area contributed by atoms with Crippen molar-refractivity contribution in [2.75, 3.05) is 13.6 Å². The number of hydrogen-bond donors (Lipinski definition) is 2. The molecule has 0 aromatic heterocycles. The fourth-order valence-electron chi connectivity index (χ4n) is 4.49. The van der Waals surface area contributed by atoms with E-state index in [1.807, 2.05) is 13.8 Å². The van der Waals surface area contributed by atoms with Gasteiger partial charge in [0, 0.05) is 12.1 Å². The van der Waals surface area contributed by atoms with Crippen LogP contribution < -0.4 is 10.6 Å². The Balaban J connectivity index is 1.80. The normalized spacial score (nSPS) is 24.3. The number of likely N-dealkylation sites (N-methyl/N-ethyl adjacent to an activating group) is 1. The van der Waals surface area contributed by atoms with E-state index in [1.54, 1.807) is 0 Å². The molecular formula is C22H26BCl2N2O8-. The fourth-order valence-corrected chi connectivity index (χ4v) is 4.86. The number of hydrogen-bond acceptors (Lipinski definition) is 8. The number of fused-ring (bicyclic) bond motifs is 2. The summed E-state index contributed by atoms with van der Waals surface area (Å²) >= 11 is 12.0. The van der Waals surface area contributed by atoms with Gasteiger partial charge in [0.2, 0.25) is 5.91 Å². The van der Waals surface area contributed by atoms with E-state index in [-0.39, 0.29) is 35.9 Å². The minimum atomic E-state index is -3.09. The van der Waals surface area contributed by atoms with Crippen LogP contribution in [0.15, 0.2) is 18.2 Å². The smallest absolute Gasteiger partial charge is 0.499 e. The Labute approximate surface area is 212 Å². The maximum atomic E-state index is 12.9. The van der Waals surface area contributed by atoms with Crippen LogP contribution in [0.4, 0.5) is 0 Å². The second kappa shape index (κ2) is 10.6. The minimum absolute atomic E-state index is 0.0110. The van der Waals surface area contributed by atoms with Crippen LogP contribution in [0.5, 0.6) is 0 Å². The molecule has 1 aromatic rings. The van der Waals surface area contributed by atoms with Gasteiger partial charge in [0.25, 0.3) is 17.8 Å². The van der Waals surface area contributed by atoms with Gasteiger partial charge in [-0.1, -0.05) is 49.3 Å². The minimum Gasteiger partial charge on any atom is -0.633 e. The van der Waals surface area contributed by atoms with Gasteiger partial charge in [0.15, 0.2) is 0 Å². The highest BCUT2D eigenvalue weighted by molar-refractivity contribution is 6.67. The lowest BCUT2D eigenvalue weighted by atomic mass is 9.55. The summed E-state index contributed by atoms with van der Waals surface area (Å²) in [6.07, 6.45) is -0.871. The van der Waals surface area contributed by atoms with Gasteiger partial charge in [-0.2, -0.15) is 0 Å². The van der Waals surface area contributed by atoms with E-state index >= 15 is 0 Å². The van der Waals surface area contributed by atoms with E-state index in [0.717, 1.165) is 0 Å².